The Morgan fingerprint density at radius 2 is 1.46 bits per heavy atom. The quantitative estimate of drug-likeness (QED) is 0.828. The van der Waals surface area contributed by atoms with Gasteiger partial charge in [-0.15, -0.1) is 0 Å². The molecule has 0 heterocycles. The monoisotopic (exact) mass is 352 g/mol. The van der Waals surface area contributed by atoms with E-state index in [9.17, 15) is 9.59 Å². The number of carbonyl (C=O) groups is 2. The summed E-state index contributed by atoms with van der Waals surface area (Å²) < 4.78 is 5.38. The van der Waals surface area contributed by atoms with Gasteiger partial charge in [-0.3, -0.25) is 9.59 Å². The van der Waals surface area contributed by atoms with Gasteiger partial charge in [0, 0.05) is 11.4 Å². The number of anilines is 2. The van der Waals surface area contributed by atoms with Crippen molar-refractivity contribution < 1.29 is 14.3 Å². The van der Waals surface area contributed by atoms with E-state index in [2.05, 4.69) is 16.7 Å². The van der Waals surface area contributed by atoms with Crippen molar-refractivity contribution in [2.24, 2.45) is 11.8 Å². The van der Waals surface area contributed by atoms with Gasteiger partial charge in [-0.1, -0.05) is 6.07 Å². The lowest BCUT2D eigenvalue weighted by molar-refractivity contribution is -0.122. The maximum absolute atomic E-state index is 12.4. The lowest BCUT2D eigenvalue weighted by Gasteiger charge is -2.08. The lowest BCUT2D eigenvalue weighted by atomic mass is 10.1. The molecule has 1 saturated carbocycles. The Balaban J connectivity index is 1.53. The summed E-state index contributed by atoms with van der Waals surface area (Å²) in [6.45, 7) is 6.51. The van der Waals surface area contributed by atoms with Crippen molar-refractivity contribution in [3.63, 3.8) is 0 Å². The summed E-state index contributed by atoms with van der Waals surface area (Å²) in [5.74, 6) is 0.0187. The number of benzene rings is 2. The van der Waals surface area contributed by atoms with Gasteiger partial charge in [-0.25, -0.2) is 0 Å². The number of hydrogen-bond acceptors (Lipinski definition) is 3. The van der Waals surface area contributed by atoms with Crippen LogP contribution in [0.3, 0.4) is 0 Å². The molecule has 0 radical (unpaired) electrons. The minimum Gasteiger partial charge on any atom is -0.494 e. The van der Waals surface area contributed by atoms with Crippen LogP contribution < -0.4 is 15.4 Å². The van der Waals surface area contributed by atoms with Gasteiger partial charge in [-0.05, 0) is 74.7 Å². The van der Waals surface area contributed by atoms with Crippen molar-refractivity contribution in [2.45, 2.75) is 27.2 Å². The molecule has 5 heteroatoms. The van der Waals surface area contributed by atoms with Gasteiger partial charge in [0.1, 0.15) is 5.75 Å². The van der Waals surface area contributed by atoms with Crippen molar-refractivity contribution in [2.75, 3.05) is 17.2 Å². The van der Waals surface area contributed by atoms with Crippen LogP contribution in [0, 0.1) is 25.7 Å². The molecule has 136 valence electrons. The van der Waals surface area contributed by atoms with Crippen LogP contribution in [0.4, 0.5) is 11.4 Å². The third-order valence-electron chi connectivity index (χ3n) is 4.39. The molecule has 0 spiro atoms. The van der Waals surface area contributed by atoms with E-state index in [0.717, 1.165) is 22.6 Å². The molecule has 0 aromatic heterocycles. The van der Waals surface area contributed by atoms with Crippen LogP contribution in [-0.4, -0.2) is 18.4 Å². The lowest BCUT2D eigenvalue weighted by Crippen LogP contribution is -2.20. The zero-order valence-electron chi connectivity index (χ0n) is 15.3. The van der Waals surface area contributed by atoms with Gasteiger partial charge in [-0.2, -0.15) is 0 Å². The van der Waals surface area contributed by atoms with E-state index in [0.29, 0.717) is 18.7 Å². The van der Waals surface area contributed by atoms with Crippen LogP contribution in [-0.2, 0) is 9.59 Å². The number of amides is 2. The second kappa shape index (κ2) is 7.60. The van der Waals surface area contributed by atoms with Gasteiger partial charge >= 0.3 is 0 Å². The average molecular weight is 352 g/mol. The maximum atomic E-state index is 12.4. The third kappa shape index (κ3) is 4.42. The zero-order chi connectivity index (χ0) is 18.7. The number of hydrogen-bond donors (Lipinski definition) is 2. The highest BCUT2D eigenvalue weighted by Crippen LogP contribution is 2.40. The number of carbonyl (C=O) groups excluding carboxylic acids is 2. The summed E-state index contributed by atoms with van der Waals surface area (Å²) in [4.78, 5) is 24.7. The first kappa shape index (κ1) is 18.0. The number of aryl methyl sites for hydroxylation is 2. The molecule has 0 bridgehead atoms. The summed E-state index contributed by atoms with van der Waals surface area (Å²) in [6, 6.07) is 13.2. The molecule has 26 heavy (non-hydrogen) atoms. The van der Waals surface area contributed by atoms with Crippen molar-refractivity contribution in [3.8, 4) is 5.75 Å². The topological polar surface area (TPSA) is 67.4 Å². The molecule has 0 aliphatic heterocycles. The first-order chi connectivity index (χ1) is 12.5. The summed E-state index contributed by atoms with van der Waals surface area (Å²) >= 11 is 0. The van der Waals surface area contributed by atoms with Gasteiger partial charge in [0.15, 0.2) is 0 Å². The fourth-order valence-corrected chi connectivity index (χ4v) is 3.09. The van der Waals surface area contributed by atoms with Crippen LogP contribution in [0.1, 0.15) is 24.5 Å². The average Bonchev–Trinajstić information content (AvgIpc) is 3.37. The van der Waals surface area contributed by atoms with Gasteiger partial charge < -0.3 is 15.4 Å². The summed E-state index contributed by atoms with van der Waals surface area (Å²) in [5, 5.41) is 5.79. The molecule has 0 saturated heterocycles. The minimum atomic E-state index is -0.271. The van der Waals surface area contributed by atoms with E-state index in [-0.39, 0.29) is 23.7 Å². The highest BCUT2D eigenvalue weighted by molar-refractivity contribution is 6.03. The fourth-order valence-electron chi connectivity index (χ4n) is 3.09. The van der Waals surface area contributed by atoms with Crippen molar-refractivity contribution >= 4 is 23.2 Å². The molecule has 2 unspecified atom stereocenters. The first-order valence-corrected chi connectivity index (χ1v) is 8.89. The largest absolute Gasteiger partial charge is 0.494 e. The molecule has 2 atom stereocenters. The summed E-state index contributed by atoms with van der Waals surface area (Å²) in [6.07, 6.45) is 0.583. The van der Waals surface area contributed by atoms with E-state index in [1.165, 1.54) is 0 Å². The first-order valence-electron chi connectivity index (χ1n) is 8.89. The highest BCUT2D eigenvalue weighted by Gasteiger charge is 2.48. The molecule has 2 aromatic carbocycles. The fraction of sp³-hybridized carbons (Fsp3) is 0.333. The Kier molecular flexibility index (Phi) is 5.26. The van der Waals surface area contributed by atoms with Gasteiger partial charge in [0.05, 0.1) is 18.4 Å². The summed E-state index contributed by atoms with van der Waals surface area (Å²) in [5.41, 5.74) is 3.69. The molecule has 5 nitrogen and oxygen atoms in total. The predicted molar refractivity (Wildman–Crippen MR) is 102 cm³/mol. The number of ether oxygens (including phenoxy) is 1. The predicted octanol–water partition coefficient (Wildman–Crippen LogP) is 3.92. The van der Waals surface area contributed by atoms with E-state index in [1.54, 1.807) is 12.1 Å². The molecule has 3 rings (SSSR count). The molecule has 2 amide bonds. The van der Waals surface area contributed by atoms with Crippen LogP contribution in [0.5, 0.6) is 5.75 Å². The van der Waals surface area contributed by atoms with Gasteiger partial charge in [0.2, 0.25) is 11.8 Å². The van der Waals surface area contributed by atoms with Crippen LogP contribution in [0.15, 0.2) is 42.5 Å². The second-order valence-corrected chi connectivity index (χ2v) is 6.76. The molecule has 2 aromatic rings. The molecular formula is C21H24N2O3. The van der Waals surface area contributed by atoms with E-state index >= 15 is 0 Å². The van der Waals surface area contributed by atoms with Crippen LogP contribution >= 0.6 is 0 Å². The van der Waals surface area contributed by atoms with Crippen LogP contribution in [0.25, 0.3) is 0 Å². The Bertz CT molecular complexity index is 794. The molecule has 2 N–H and O–H groups in total. The zero-order valence-corrected chi connectivity index (χ0v) is 15.3. The number of nitrogens with one attached hydrogen (secondary N) is 2. The normalized spacial score (nSPS) is 18.1. The van der Waals surface area contributed by atoms with E-state index in [1.807, 2.05) is 45.0 Å². The Morgan fingerprint density at radius 1 is 0.923 bits per heavy atom. The summed E-state index contributed by atoms with van der Waals surface area (Å²) in [7, 11) is 0. The van der Waals surface area contributed by atoms with Gasteiger partial charge in [0.25, 0.3) is 0 Å². The second-order valence-electron chi connectivity index (χ2n) is 6.76. The molecule has 1 aliphatic rings. The van der Waals surface area contributed by atoms with Crippen LogP contribution in [0.2, 0.25) is 0 Å². The van der Waals surface area contributed by atoms with E-state index in [4.69, 9.17) is 4.74 Å². The Morgan fingerprint density at radius 3 is 2.00 bits per heavy atom. The Hall–Kier alpha value is -2.82. The van der Waals surface area contributed by atoms with Crippen molar-refractivity contribution in [3.05, 3.63) is 53.6 Å². The SMILES string of the molecule is CCOc1ccc(NC(=O)C2CC2C(=O)Nc2cc(C)cc(C)c2)cc1. The maximum Gasteiger partial charge on any atom is 0.228 e. The number of rotatable bonds is 6. The molecule has 1 aliphatic carbocycles. The third-order valence-corrected chi connectivity index (χ3v) is 4.39. The molecular weight excluding hydrogens is 328 g/mol. The van der Waals surface area contributed by atoms with Crippen molar-refractivity contribution in [1.82, 2.24) is 0 Å². The molecule has 1 fully saturated rings. The standard InChI is InChI=1S/C21H24N2O3/c1-4-26-17-7-5-15(6-8-17)22-20(24)18-12-19(18)21(25)23-16-10-13(2)9-14(3)11-16/h5-11,18-19H,4,12H2,1-3H3,(H,22,24)(H,23,25). The van der Waals surface area contributed by atoms with Crippen molar-refractivity contribution in [1.29, 1.82) is 0 Å². The smallest absolute Gasteiger partial charge is 0.228 e. The highest BCUT2D eigenvalue weighted by atomic mass is 16.5. The minimum absolute atomic E-state index is 0.0955. The van der Waals surface area contributed by atoms with E-state index < -0.39 is 0 Å². The Labute approximate surface area is 153 Å².